The average Bonchev–Trinajstić information content (AvgIpc) is 3.47. The molecule has 3 aromatic rings. The van der Waals surface area contributed by atoms with Gasteiger partial charge < -0.3 is 9.47 Å². The first-order chi connectivity index (χ1) is 15.8. The SMILES string of the molecule is COc1cccc([C@@H]2CC(c3cccc(NS(C)(=O)=O)c3)=NN2C(=O)c2cccs2)c1OC. The Hall–Kier alpha value is -3.37. The molecule has 2 heterocycles. The first-order valence-corrected chi connectivity index (χ1v) is 12.8. The van der Waals surface area contributed by atoms with Crippen LogP contribution in [0.3, 0.4) is 0 Å². The lowest BCUT2D eigenvalue weighted by Crippen LogP contribution is -2.26. The Bertz CT molecular complexity index is 1300. The minimum absolute atomic E-state index is 0.222. The lowest BCUT2D eigenvalue weighted by molar-refractivity contribution is 0.0714. The molecule has 0 bridgehead atoms. The quantitative estimate of drug-likeness (QED) is 0.543. The second-order valence-corrected chi connectivity index (χ2v) is 10.1. The summed E-state index contributed by atoms with van der Waals surface area (Å²) in [5.74, 6) is 0.879. The number of hydrogen-bond donors (Lipinski definition) is 1. The van der Waals surface area contributed by atoms with Crippen molar-refractivity contribution in [2.24, 2.45) is 5.10 Å². The van der Waals surface area contributed by atoms with Crippen molar-refractivity contribution in [3.8, 4) is 11.5 Å². The molecule has 1 atom stereocenters. The number of amides is 1. The number of sulfonamides is 1. The van der Waals surface area contributed by atoms with Crippen LogP contribution in [0, 0.1) is 0 Å². The van der Waals surface area contributed by atoms with E-state index in [1.807, 2.05) is 29.6 Å². The summed E-state index contributed by atoms with van der Waals surface area (Å²) in [6, 6.07) is 15.6. The number of para-hydroxylation sites is 1. The molecule has 33 heavy (non-hydrogen) atoms. The number of nitrogens with one attached hydrogen (secondary N) is 1. The number of nitrogens with zero attached hydrogens (tertiary/aromatic N) is 2. The number of thiophene rings is 1. The van der Waals surface area contributed by atoms with Crippen molar-refractivity contribution in [3.63, 3.8) is 0 Å². The molecule has 0 saturated heterocycles. The maximum atomic E-state index is 13.3. The van der Waals surface area contributed by atoms with E-state index in [9.17, 15) is 13.2 Å². The van der Waals surface area contributed by atoms with Gasteiger partial charge in [0, 0.05) is 17.7 Å². The molecule has 172 valence electrons. The lowest BCUT2D eigenvalue weighted by Gasteiger charge is -2.24. The van der Waals surface area contributed by atoms with E-state index in [2.05, 4.69) is 9.82 Å². The highest BCUT2D eigenvalue weighted by molar-refractivity contribution is 7.92. The lowest BCUT2D eigenvalue weighted by atomic mass is 9.97. The van der Waals surface area contributed by atoms with Crippen molar-refractivity contribution < 1.29 is 22.7 Å². The van der Waals surface area contributed by atoms with Crippen molar-refractivity contribution in [2.45, 2.75) is 12.5 Å². The van der Waals surface area contributed by atoms with E-state index < -0.39 is 16.1 Å². The summed E-state index contributed by atoms with van der Waals surface area (Å²) in [7, 11) is -0.303. The summed E-state index contributed by atoms with van der Waals surface area (Å²) in [6.45, 7) is 0. The van der Waals surface area contributed by atoms with Crippen LogP contribution in [0.25, 0.3) is 0 Å². The molecule has 2 aromatic carbocycles. The van der Waals surface area contributed by atoms with Crippen molar-refractivity contribution in [1.82, 2.24) is 5.01 Å². The minimum Gasteiger partial charge on any atom is -0.493 e. The van der Waals surface area contributed by atoms with Crippen LogP contribution < -0.4 is 14.2 Å². The molecule has 1 amide bonds. The molecule has 1 N–H and O–H groups in total. The van der Waals surface area contributed by atoms with Gasteiger partial charge in [-0.15, -0.1) is 11.3 Å². The van der Waals surface area contributed by atoms with E-state index in [0.717, 1.165) is 17.4 Å². The predicted octanol–water partition coefficient (Wildman–Crippen LogP) is 4.13. The summed E-state index contributed by atoms with van der Waals surface area (Å²) < 4.78 is 36.9. The van der Waals surface area contributed by atoms with Crippen molar-refractivity contribution in [2.75, 3.05) is 25.2 Å². The Morgan fingerprint density at radius 3 is 2.58 bits per heavy atom. The molecule has 0 spiro atoms. The predicted molar refractivity (Wildman–Crippen MR) is 129 cm³/mol. The Balaban J connectivity index is 1.77. The van der Waals surface area contributed by atoms with Crippen molar-refractivity contribution in [3.05, 3.63) is 76.0 Å². The molecular formula is C23H23N3O5S2. The van der Waals surface area contributed by atoms with Crippen LogP contribution in [-0.2, 0) is 10.0 Å². The molecule has 1 aliphatic heterocycles. The van der Waals surface area contributed by atoms with Crippen LogP contribution in [0.5, 0.6) is 11.5 Å². The van der Waals surface area contributed by atoms with Crippen LogP contribution in [0.15, 0.2) is 65.1 Å². The smallest absolute Gasteiger partial charge is 0.284 e. The van der Waals surface area contributed by atoms with Crippen LogP contribution in [0.1, 0.15) is 33.3 Å². The van der Waals surface area contributed by atoms with Gasteiger partial charge in [-0.1, -0.05) is 30.3 Å². The molecule has 10 heteroatoms. The van der Waals surface area contributed by atoms with Crippen LogP contribution in [0.2, 0.25) is 0 Å². The zero-order valence-corrected chi connectivity index (χ0v) is 19.9. The molecule has 0 radical (unpaired) electrons. The van der Waals surface area contributed by atoms with E-state index >= 15 is 0 Å². The van der Waals surface area contributed by atoms with E-state index in [0.29, 0.717) is 34.2 Å². The van der Waals surface area contributed by atoms with Gasteiger partial charge in [-0.3, -0.25) is 9.52 Å². The molecule has 1 aliphatic rings. The fourth-order valence-corrected chi connectivity index (χ4v) is 4.99. The van der Waals surface area contributed by atoms with Gasteiger partial charge in [0.1, 0.15) is 0 Å². The molecular weight excluding hydrogens is 462 g/mol. The first-order valence-electron chi connectivity index (χ1n) is 10.0. The number of carbonyl (C=O) groups is 1. The highest BCUT2D eigenvalue weighted by Crippen LogP contribution is 2.42. The highest BCUT2D eigenvalue weighted by Gasteiger charge is 2.36. The first kappa shape index (κ1) is 22.8. The Morgan fingerprint density at radius 2 is 1.91 bits per heavy atom. The third-order valence-corrected chi connectivity index (χ3v) is 6.61. The summed E-state index contributed by atoms with van der Waals surface area (Å²) in [4.78, 5) is 13.9. The Kier molecular flexibility index (Phi) is 6.39. The number of benzene rings is 2. The second kappa shape index (κ2) is 9.24. The molecule has 0 unspecified atom stereocenters. The van der Waals surface area contributed by atoms with Gasteiger partial charge in [0.15, 0.2) is 11.5 Å². The molecule has 4 rings (SSSR count). The summed E-state index contributed by atoms with van der Waals surface area (Å²) in [5, 5.41) is 7.98. The average molecular weight is 486 g/mol. The van der Waals surface area contributed by atoms with E-state index in [1.165, 1.54) is 16.3 Å². The number of methoxy groups -OCH3 is 2. The van der Waals surface area contributed by atoms with E-state index in [-0.39, 0.29) is 5.91 Å². The summed E-state index contributed by atoms with van der Waals surface area (Å²) in [6.07, 6.45) is 1.52. The van der Waals surface area contributed by atoms with Gasteiger partial charge in [-0.05, 0) is 35.2 Å². The third-order valence-electron chi connectivity index (χ3n) is 5.14. The van der Waals surface area contributed by atoms with Crippen LogP contribution in [-0.4, -0.2) is 45.5 Å². The Morgan fingerprint density at radius 1 is 1.12 bits per heavy atom. The second-order valence-electron chi connectivity index (χ2n) is 7.43. The largest absolute Gasteiger partial charge is 0.493 e. The van der Waals surface area contributed by atoms with Gasteiger partial charge in [-0.25, -0.2) is 13.4 Å². The summed E-state index contributed by atoms with van der Waals surface area (Å²) >= 11 is 1.35. The molecule has 0 aliphatic carbocycles. The number of carbonyl (C=O) groups excluding carboxylic acids is 1. The zero-order valence-electron chi connectivity index (χ0n) is 18.3. The number of ether oxygens (including phenoxy) is 2. The van der Waals surface area contributed by atoms with Gasteiger partial charge in [0.2, 0.25) is 10.0 Å². The number of hydrogen-bond acceptors (Lipinski definition) is 7. The van der Waals surface area contributed by atoms with Crippen LogP contribution in [0.4, 0.5) is 5.69 Å². The fraction of sp³-hybridized carbons (Fsp3) is 0.217. The third kappa shape index (κ3) is 4.86. The molecule has 0 fully saturated rings. The standard InChI is InChI=1S/C23H23N3O5S2/c1-30-20-10-5-9-17(22(20)31-2)19-14-18(24-26(19)23(27)21-11-6-12-32-21)15-7-4-8-16(13-15)25-33(3,28)29/h4-13,19,25H,14H2,1-3H3/t19-/m0/s1. The summed E-state index contributed by atoms with van der Waals surface area (Å²) in [5.41, 5.74) is 2.58. The van der Waals surface area contributed by atoms with E-state index in [1.54, 1.807) is 44.6 Å². The number of anilines is 1. The van der Waals surface area contributed by atoms with Gasteiger partial charge >= 0.3 is 0 Å². The normalized spacial score (nSPS) is 15.8. The maximum Gasteiger partial charge on any atom is 0.284 e. The Labute approximate surface area is 196 Å². The monoisotopic (exact) mass is 485 g/mol. The van der Waals surface area contributed by atoms with E-state index in [4.69, 9.17) is 9.47 Å². The van der Waals surface area contributed by atoms with Gasteiger partial charge in [-0.2, -0.15) is 5.10 Å². The number of rotatable bonds is 7. The zero-order chi connectivity index (χ0) is 23.6. The topological polar surface area (TPSA) is 97.3 Å². The van der Waals surface area contributed by atoms with Crippen molar-refractivity contribution >= 4 is 38.7 Å². The minimum atomic E-state index is -3.43. The maximum absolute atomic E-state index is 13.3. The van der Waals surface area contributed by atoms with Crippen LogP contribution >= 0.6 is 11.3 Å². The molecule has 1 aromatic heterocycles. The molecule has 0 saturated carbocycles. The molecule has 8 nitrogen and oxygen atoms in total. The van der Waals surface area contributed by atoms with Gasteiger partial charge in [0.05, 0.1) is 37.1 Å². The van der Waals surface area contributed by atoms with Crippen molar-refractivity contribution in [1.29, 1.82) is 0 Å². The number of hydrazone groups is 1. The highest BCUT2D eigenvalue weighted by atomic mass is 32.2. The fourth-order valence-electron chi connectivity index (χ4n) is 3.78. The van der Waals surface area contributed by atoms with Gasteiger partial charge in [0.25, 0.3) is 5.91 Å².